The monoisotopic (exact) mass is 381 g/mol. The number of carbonyl (C=O) groups excluding carboxylic acids is 1. The summed E-state index contributed by atoms with van der Waals surface area (Å²) >= 11 is 0. The van der Waals surface area contributed by atoms with E-state index >= 15 is 0 Å². The molecule has 2 heterocycles. The van der Waals surface area contributed by atoms with Crippen molar-refractivity contribution in [2.45, 2.75) is 38.0 Å². The van der Waals surface area contributed by atoms with Gasteiger partial charge >= 0.3 is 5.97 Å². The second-order valence-electron chi connectivity index (χ2n) is 7.23. The average molecular weight is 381 g/mol. The Hall–Kier alpha value is -2.86. The zero-order chi connectivity index (χ0) is 19.5. The van der Waals surface area contributed by atoms with E-state index in [-0.39, 0.29) is 12.0 Å². The number of aliphatic carboxylic acids is 1. The lowest BCUT2D eigenvalue weighted by atomic mass is 9.93. The molecule has 1 fully saturated rings. The van der Waals surface area contributed by atoms with Crippen molar-refractivity contribution < 1.29 is 24.2 Å². The van der Waals surface area contributed by atoms with E-state index in [9.17, 15) is 14.7 Å². The number of carboxylic acid groups (broad SMARTS) is 1. The minimum Gasteiger partial charge on any atom is -0.491 e. The summed E-state index contributed by atoms with van der Waals surface area (Å²) in [7, 11) is 0. The molecule has 2 aromatic rings. The quantitative estimate of drug-likeness (QED) is 0.862. The molecule has 0 bridgehead atoms. The summed E-state index contributed by atoms with van der Waals surface area (Å²) in [6.07, 6.45) is 2.51. The second-order valence-corrected chi connectivity index (χ2v) is 7.23. The molecule has 2 aromatic carbocycles. The molecule has 0 aliphatic carbocycles. The van der Waals surface area contributed by atoms with Crippen molar-refractivity contribution in [2.24, 2.45) is 0 Å². The lowest BCUT2D eigenvalue weighted by molar-refractivity contribution is -0.142. The van der Waals surface area contributed by atoms with Crippen molar-refractivity contribution in [3.8, 4) is 5.75 Å². The summed E-state index contributed by atoms with van der Waals surface area (Å²) in [5, 5.41) is 9.62. The average Bonchev–Trinajstić information content (AvgIpc) is 3.25. The van der Waals surface area contributed by atoms with Crippen molar-refractivity contribution in [1.82, 2.24) is 4.90 Å². The number of carboxylic acids is 1. The van der Waals surface area contributed by atoms with Gasteiger partial charge < -0.3 is 19.5 Å². The Kier molecular flexibility index (Phi) is 5.30. The first kappa shape index (κ1) is 18.5. The molecule has 0 saturated carbocycles. The highest BCUT2D eigenvalue weighted by atomic mass is 16.5. The highest BCUT2D eigenvalue weighted by Gasteiger charge is 2.34. The van der Waals surface area contributed by atoms with Crippen molar-refractivity contribution in [1.29, 1.82) is 0 Å². The van der Waals surface area contributed by atoms with Crippen molar-refractivity contribution in [3.63, 3.8) is 0 Å². The van der Waals surface area contributed by atoms with Gasteiger partial charge in [0.05, 0.1) is 6.10 Å². The molecule has 2 aliphatic heterocycles. The Balaban J connectivity index is 1.47. The van der Waals surface area contributed by atoms with Crippen LogP contribution in [0.3, 0.4) is 0 Å². The van der Waals surface area contributed by atoms with Gasteiger partial charge in [0.15, 0.2) is 0 Å². The summed E-state index contributed by atoms with van der Waals surface area (Å²) in [6.45, 7) is 1.58. The van der Waals surface area contributed by atoms with Crippen LogP contribution in [0.25, 0.3) is 0 Å². The van der Waals surface area contributed by atoms with Gasteiger partial charge in [-0.15, -0.1) is 0 Å². The minimum absolute atomic E-state index is 0.131. The molecule has 4 rings (SSSR count). The number of benzene rings is 2. The Bertz CT molecular complexity index is 857. The number of rotatable bonds is 5. The predicted octanol–water partition coefficient (Wildman–Crippen LogP) is 2.90. The van der Waals surface area contributed by atoms with Crippen LogP contribution >= 0.6 is 0 Å². The molecule has 2 unspecified atom stereocenters. The Labute approximate surface area is 163 Å². The lowest BCUT2D eigenvalue weighted by Crippen LogP contribution is -2.48. The third-order valence-corrected chi connectivity index (χ3v) is 5.36. The minimum atomic E-state index is -0.987. The largest absolute Gasteiger partial charge is 0.491 e. The van der Waals surface area contributed by atoms with Crippen LogP contribution in [-0.2, 0) is 22.5 Å². The van der Waals surface area contributed by atoms with Gasteiger partial charge in [-0.2, -0.15) is 0 Å². The molecule has 6 nitrogen and oxygen atoms in total. The maximum atomic E-state index is 13.0. The maximum absolute atomic E-state index is 13.0. The van der Waals surface area contributed by atoms with Gasteiger partial charge in [-0.05, 0) is 48.2 Å². The first-order valence-electron chi connectivity index (χ1n) is 9.57. The molecule has 0 spiro atoms. The molecule has 1 saturated heterocycles. The van der Waals surface area contributed by atoms with E-state index in [1.54, 1.807) is 24.3 Å². The summed E-state index contributed by atoms with van der Waals surface area (Å²) in [6, 6.07) is 13.7. The fraction of sp³-hybridized carbons (Fsp3) is 0.364. The highest BCUT2D eigenvalue weighted by molar-refractivity contribution is 5.97. The van der Waals surface area contributed by atoms with Gasteiger partial charge in [0.2, 0.25) is 0 Å². The fourth-order valence-corrected chi connectivity index (χ4v) is 3.78. The normalized spacial score (nSPS) is 21.2. The first-order chi connectivity index (χ1) is 13.6. The molecule has 146 valence electrons. The number of hydrogen-bond acceptors (Lipinski definition) is 4. The Morgan fingerprint density at radius 1 is 1.11 bits per heavy atom. The third-order valence-electron chi connectivity index (χ3n) is 5.36. The molecule has 2 atom stereocenters. The van der Waals surface area contributed by atoms with E-state index < -0.39 is 12.0 Å². The SMILES string of the molecule is O=C(O)C1Cc2ccccc2CN1C(=O)c1ccc(OCC2CCCO2)cc1. The van der Waals surface area contributed by atoms with E-state index in [0.717, 1.165) is 30.6 Å². The fourth-order valence-electron chi connectivity index (χ4n) is 3.78. The molecule has 2 aliphatic rings. The standard InChI is InChI=1S/C22H23NO5/c24-21(15-7-9-18(10-8-15)28-14-19-6-3-11-27-19)23-13-17-5-2-1-4-16(17)12-20(23)22(25)26/h1-2,4-5,7-10,19-20H,3,6,11-14H2,(H,25,26). The van der Waals surface area contributed by atoms with Crippen LogP contribution in [-0.4, -0.2) is 47.2 Å². The third kappa shape index (κ3) is 3.87. The molecule has 28 heavy (non-hydrogen) atoms. The molecule has 0 aromatic heterocycles. The molecule has 1 amide bonds. The van der Waals surface area contributed by atoms with Crippen LogP contribution in [0.1, 0.15) is 34.3 Å². The van der Waals surface area contributed by atoms with E-state index in [1.165, 1.54) is 4.90 Å². The van der Waals surface area contributed by atoms with Gasteiger partial charge in [0.25, 0.3) is 5.91 Å². The topological polar surface area (TPSA) is 76.1 Å². The summed E-state index contributed by atoms with van der Waals surface area (Å²) in [5.74, 6) is -0.599. The number of hydrogen-bond donors (Lipinski definition) is 1. The molecule has 6 heteroatoms. The zero-order valence-corrected chi connectivity index (χ0v) is 15.5. The van der Waals surface area contributed by atoms with Crippen LogP contribution in [0, 0.1) is 0 Å². The van der Waals surface area contributed by atoms with E-state index in [0.29, 0.717) is 30.9 Å². The lowest BCUT2D eigenvalue weighted by Gasteiger charge is -2.34. The van der Waals surface area contributed by atoms with E-state index in [2.05, 4.69) is 0 Å². The van der Waals surface area contributed by atoms with E-state index in [4.69, 9.17) is 9.47 Å². The second kappa shape index (κ2) is 8.02. The number of ether oxygens (including phenoxy) is 2. The number of amides is 1. The van der Waals surface area contributed by atoms with Crippen molar-refractivity contribution >= 4 is 11.9 Å². The Morgan fingerprint density at radius 3 is 2.54 bits per heavy atom. The molecular weight excluding hydrogens is 358 g/mol. The molecule has 1 N–H and O–H groups in total. The van der Waals surface area contributed by atoms with Crippen LogP contribution in [0.5, 0.6) is 5.75 Å². The smallest absolute Gasteiger partial charge is 0.326 e. The number of carbonyl (C=O) groups is 2. The Morgan fingerprint density at radius 2 is 1.86 bits per heavy atom. The maximum Gasteiger partial charge on any atom is 0.326 e. The van der Waals surface area contributed by atoms with Gasteiger partial charge in [-0.25, -0.2) is 4.79 Å². The van der Waals surface area contributed by atoms with Crippen LogP contribution in [0.4, 0.5) is 0 Å². The van der Waals surface area contributed by atoms with Gasteiger partial charge in [0.1, 0.15) is 18.4 Å². The van der Waals surface area contributed by atoms with Crippen molar-refractivity contribution in [2.75, 3.05) is 13.2 Å². The van der Waals surface area contributed by atoms with Gasteiger partial charge in [-0.1, -0.05) is 24.3 Å². The zero-order valence-electron chi connectivity index (χ0n) is 15.5. The summed E-state index contributed by atoms with van der Waals surface area (Å²) < 4.78 is 11.3. The predicted molar refractivity (Wildman–Crippen MR) is 102 cm³/mol. The van der Waals surface area contributed by atoms with E-state index in [1.807, 2.05) is 24.3 Å². The molecule has 0 radical (unpaired) electrons. The van der Waals surface area contributed by atoms with Gasteiger partial charge in [0, 0.05) is 25.1 Å². The van der Waals surface area contributed by atoms with Crippen LogP contribution in [0.15, 0.2) is 48.5 Å². The summed E-state index contributed by atoms with van der Waals surface area (Å²) in [5.41, 5.74) is 2.43. The summed E-state index contributed by atoms with van der Waals surface area (Å²) in [4.78, 5) is 26.2. The number of fused-ring (bicyclic) bond motifs is 1. The number of nitrogens with zero attached hydrogens (tertiary/aromatic N) is 1. The highest BCUT2D eigenvalue weighted by Crippen LogP contribution is 2.26. The van der Waals surface area contributed by atoms with Crippen LogP contribution < -0.4 is 4.74 Å². The van der Waals surface area contributed by atoms with Crippen molar-refractivity contribution in [3.05, 3.63) is 65.2 Å². The van der Waals surface area contributed by atoms with Gasteiger partial charge in [-0.3, -0.25) is 4.79 Å². The van der Waals surface area contributed by atoms with Crippen LogP contribution in [0.2, 0.25) is 0 Å². The first-order valence-corrected chi connectivity index (χ1v) is 9.57. The molecular formula is C22H23NO5.